The van der Waals surface area contributed by atoms with Crippen molar-refractivity contribution in [2.45, 2.75) is 0 Å². The molecule has 0 aliphatic rings. The highest BCUT2D eigenvalue weighted by Gasteiger charge is 2.17. The fraction of sp³-hybridized carbons (Fsp3) is 0. The van der Waals surface area contributed by atoms with Crippen molar-refractivity contribution in [1.82, 2.24) is 4.98 Å². The SMILES string of the molecule is c1ccc(-c2ccc3c4ccc(-c5ccncc5)cc4c4c5ccccc5c5ccccc5c4c3c2)cc1. The predicted molar refractivity (Wildman–Crippen MR) is 163 cm³/mol. The van der Waals surface area contributed by atoms with Crippen molar-refractivity contribution in [1.29, 1.82) is 0 Å². The minimum Gasteiger partial charge on any atom is -0.265 e. The molecule has 1 heteroatoms. The topological polar surface area (TPSA) is 12.9 Å². The van der Waals surface area contributed by atoms with Gasteiger partial charge in [-0.05, 0) is 100 Å². The third-order valence-corrected chi connectivity index (χ3v) is 7.92. The van der Waals surface area contributed by atoms with Crippen molar-refractivity contribution in [2.75, 3.05) is 0 Å². The van der Waals surface area contributed by atoms with Crippen LogP contribution < -0.4 is 0 Å². The predicted octanol–water partition coefficient (Wildman–Crippen LogP) is 10.2. The van der Waals surface area contributed by atoms with E-state index in [9.17, 15) is 0 Å². The molecule has 0 atom stereocenters. The number of aromatic nitrogens is 1. The molecule has 0 aliphatic carbocycles. The van der Waals surface area contributed by atoms with Crippen molar-refractivity contribution < 1.29 is 0 Å². The van der Waals surface area contributed by atoms with Gasteiger partial charge >= 0.3 is 0 Å². The van der Waals surface area contributed by atoms with Crippen LogP contribution in [0.3, 0.4) is 0 Å². The summed E-state index contributed by atoms with van der Waals surface area (Å²) < 4.78 is 0. The maximum absolute atomic E-state index is 4.23. The largest absolute Gasteiger partial charge is 0.265 e. The smallest absolute Gasteiger partial charge is 0.0273 e. The maximum Gasteiger partial charge on any atom is 0.0273 e. The summed E-state index contributed by atoms with van der Waals surface area (Å²) in [6.45, 7) is 0. The molecule has 0 aliphatic heterocycles. The standard InChI is InChI=1S/C37H23N/c1-2-8-24(9-3-1)26-14-16-30-31-17-15-27(25-18-20-38-21-19-25)23-35(31)37-33-13-7-5-11-29(33)28-10-4-6-12-32(28)36(37)34(30)22-26/h1-23H. The molecule has 0 radical (unpaired) electrons. The van der Waals surface area contributed by atoms with Crippen LogP contribution >= 0.6 is 0 Å². The molecule has 38 heavy (non-hydrogen) atoms. The quantitative estimate of drug-likeness (QED) is 0.224. The molecule has 0 amide bonds. The molecular formula is C37H23N. The maximum atomic E-state index is 4.23. The van der Waals surface area contributed by atoms with Gasteiger partial charge in [0.2, 0.25) is 0 Å². The number of nitrogens with zero attached hydrogens (tertiary/aromatic N) is 1. The summed E-state index contributed by atoms with van der Waals surface area (Å²) in [5.74, 6) is 0. The number of rotatable bonds is 2. The van der Waals surface area contributed by atoms with Crippen LogP contribution in [0.1, 0.15) is 0 Å². The Morgan fingerprint density at radius 3 is 1.24 bits per heavy atom. The first-order chi connectivity index (χ1) is 18.9. The van der Waals surface area contributed by atoms with E-state index in [1.807, 2.05) is 12.4 Å². The van der Waals surface area contributed by atoms with Crippen LogP contribution in [0.25, 0.3) is 76.1 Å². The molecule has 0 N–H and O–H groups in total. The third-order valence-electron chi connectivity index (χ3n) is 7.92. The van der Waals surface area contributed by atoms with E-state index in [2.05, 4.69) is 132 Å². The molecule has 0 saturated carbocycles. The van der Waals surface area contributed by atoms with E-state index in [4.69, 9.17) is 0 Å². The summed E-state index contributed by atoms with van der Waals surface area (Å²) in [6.07, 6.45) is 3.73. The zero-order chi connectivity index (χ0) is 25.1. The number of hydrogen-bond acceptors (Lipinski definition) is 1. The molecule has 176 valence electrons. The minimum absolute atomic E-state index is 1.18. The van der Waals surface area contributed by atoms with Gasteiger partial charge in [0, 0.05) is 12.4 Å². The molecule has 0 unspecified atom stereocenters. The molecule has 8 aromatic rings. The van der Waals surface area contributed by atoms with Gasteiger partial charge in [-0.25, -0.2) is 0 Å². The first-order valence-corrected chi connectivity index (χ1v) is 13.1. The summed E-state index contributed by atoms with van der Waals surface area (Å²) >= 11 is 0. The summed E-state index contributed by atoms with van der Waals surface area (Å²) in [6, 6.07) is 46.5. The van der Waals surface area contributed by atoms with Gasteiger partial charge in [-0.1, -0.05) is 103 Å². The second kappa shape index (κ2) is 8.26. The van der Waals surface area contributed by atoms with E-state index in [1.165, 1.54) is 76.1 Å². The number of fused-ring (bicyclic) bond motifs is 11. The number of benzene rings is 7. The Hall–Kier alpha value is -5.01. The van der Waals surface area contributed by atoms with Crippen LogP contribution in [-0.4, -0.2) is 4.98 Å². The molecular weight excluding hydrogens is 458 g/mol. The third kappa shape index (κ3) is 3.09. The zero-order valence-electron chi connectivity index (χ0n) is 20.7. The van der Waals surface area contributed by atoms with Crippen LogP contribution in [0.4, 0.5) is 0 Å². The lowest BCUT2D eigenvalue weighted by atomic mass is 9.85. The molecule has 8 rings (SSSR count). The van der Waals surface area contributed by atoms with Crippen molar-refractivity contribution >= 4 is 53.9 Å². The fourth-order valence-corrected chi connectivity index (χ4v) is 6.21. The summed E-state index contributed by atoms with van der Waals surface area (Å²) in [5, 5.41) is 13.0. The lowest BCUT2D eigenvalue weighted by molar-refractivity contribution is 1.33. The Bertz CT molecular complexity index is 2000. The van der Waals surface area contributed by atoms with E-state index in [0.717, 1.165) is 0 Å². The fourth-order valence-electron chi connectivity index (χ4n) is 6.21. The highest BCUT2D eigenvalue weighted by atomic mass is 14.6. The van der Waals surface area contributed by atoms with E-state index in [0.29, 0.717) is 0 Å². The van der Waals surface area contributed by atoms with E-state index in [-0.39, 0.29) is 0 Å². The Morgan fingerprint density at radius 1 is 0.289 bits per heavy atom. The van der Waals surface area contributed by atoms with Crippen LogP contribution in [-0.2, 0) is 0 Å². The molecule has 1 aromatic heterocycles. The van der Waals surface area contributed by atoms with Crippen molar-refractivity contribution in [2.24, 2.45) is 0 Å². The van der Waals surface area contributed by atoms with Gasteiger partial charge in [0.1, 0.15) is 0 Å². The van der Waals surface area contributed by atoms with Crippen LogP contribution in [0.5, 0.6) is 0 Å². The second-order valence-electron chi connectivity index (χ2n) is 9.96. The van der Waals surface area contributed by atoms with Gasteiger partial charge in [0.05, 0.1) is 0 Å². The Kier molecular flexibility index (Phi) is 4.59. The molecule has 0 bridgehead atoms. The van der Waals surface area contributed by atoms with Gasteiger partial charge in [0.15, 0.2) is 0 Å². The summed E-state index contributed by atoms with van der Waals surface area (Å²) in [7, 11) is 0. The highest BCUT2D eigenvalue weighted by molar-refractivity contribution is 6.39. The summed E-state index contributed by atoms with van der Waals surface area (Å²) in [5.41, 5.74) is 4.86. The number of pyridine rings is 1. The zero-order valence-corrected chi connectivity index (χ0v) is 20.7. The monoisotopic (exact) mass is 481 g/mol. The van der Waals surface area contributed by atoms with Crippen LogP contribution in [0.2, 0.25) is 0 Å². The van der Waals surface area contributed by atoms with Gasteiger partial charge in [-0.3, -0.25) is 4.98 Å². The van der Waals surface area contributed by atoms with Gasteiger partial charge in [-0.2, -0.15) is 0 Å². The first-order valence-electron chi connectivity index (χ1n) is 13.1. The van der Waals surface area contributed by atoms with E-state index < -0.39 is 0 Å². The van der Waals surface area contributed by atoms with E-state index >= 15 is 0 Å². The van der Waals surface area contributed by atoms with Crippen LogP contribution in [0, 0.1) is 0 Å². The van der Waals surface area contributed by atoms with Crippen LogP contribution in [0.15, 0.2) is 140 Å². The van der Waals surface area contributed by atoms with Gasteiger partial charge in [-0.15, -0.1) is 0 Å². The normalized spacial score (nSPS) is 11.7. The molecule has 1 nitrogen and oxygen atoms in total. The second-order valence-corrected chi connectivity index (χ2v) is 9.96. The van der Waals surface area contributed by atoms with Gasteiger partial charge in [0.25, 0.3) is 0 Å². The van der Waals surface area contributed by atoms with Crippen molar-refractivity contribution in [3.63, 3.8) is 0 Å². The lowest BCUT2D eigenvalue weighted by Gasteiger charge is -2.18. The molecule has 1 heterocycles. The highest BCUT2D eigenvalue weighted by Crippen LogP contribution is 2.45. The molecule has 7 aromatic carbocycles. The average molecular weight is 482 g/mol. The average Bonchev–Trinajstić information content (AvgIpc) is 3.01. The Balaban J connectivity index is 1.64. The molecule has 0 saturated heterocycles. The summed E-state index contributed by atoms with van der Waals surface area (Å²) in [4.78, 5) is 4.23. The van der Waals surface area contributed by atoms with Crippen molar-refractivity contribution in [3.8, 4) is 22.3 Å². The minimum atomic E-state index is 1.18. The van der Waals surface area contributed by atoms with Gasteiger partial charge < -0.3 is 0 Å². The molecule has 0 fully saturated rings. The first kappa shape index (κ1) is 21.1. The van der Waals surface area contributed by atoms with E-state index in [1.54, 1.807) is 0 Å². The Morgan fingerprint density at radius 2 is 0.711 bits per heavy atom. The molecule has 0 spiro atoms. The number of hydrogen-bond donors (Lipinski definition) is 0. The lowest BCUT2D eigenvalue weighted by Crippen LogP contribution is -1.90. The van der Waals surface area contributed by atoms with Crippen molar-refractivity contribution in [3.05, 3.63) is 140 Å². The Labute approximate surface area is 220 Å².